The van der Waals surface area contributed by atoms with Crippen LogP contribution in [0.3, 0.4) is 0 Å². The lowest BCUT2D eigenvalue weighted by atomic mass is 10.1. The fraction of sp³-hybridized carbons (Fsp3) is 0.294. The molecule has 2 rings (SSSR count). The van der Waals surface area contributed by atoms with Gasteiger partial charge in [-0.05, 0) is 32.9 Å². The molecule has 0 atom stereocenters. The van der Waals surface area contributed by atoms with Gasteiger partial charge in [0.25, 0.3) is 5.69 Å². The quantitative estimate of drug-likeness (QED) is 0.440. The summed E-state index contributed by atoms with van der Waals surface area (Å²) >= 11 is 1.29. The van der Waals surface area contributed by atoms with Crippen molar-refractivity contribution in [2.75, 3.05) is 11.4 Å². The summed E-state index contributed by atoms with van der Waals surface area (Å²) in [6.45, 7) is 9.30. The molecule has 7 nitrogen and oxygen atoms in total. The number of nitro groups is 1. The Hall–Kier alpha value is -2.74. The van der Waals surface area contributed by atoms with E-state index in [1.54, 1.807) is 44.4 Å². The van der Waals surface area contributed by atoms with Crippen LogP contribution in [0.4, 0.5) is 15.6 Å². The van der Waals surface area contributed by atoms with Crippen molar-refractivity contribution in [2.45, 2.75) is 26.4 Å². The van der Waals surface area contributed by atoms with Crippen LogP contribution in [0.1, 0.15) is 20.8 Å². The van der Waals surface area contributed by atoms with E-state index in [0.717, 1.165) is 5.56 Å². The minimum Gasteiger partial charge on any atom is -0.443 e. The van der Waals surface area contributed by atoms with Gasteiger partial charge in [0.2, 0.25) is 0 Å². The summed E-state index contributed by atoms with van der Waals surface area (Å²) in [7, 11) is 0. The molecule has 0 saturated carbocycles. The van der Waals surface area contributed by atoms with Gasteiger partial charge >= 0.3 is 6.09 Å². The van der Waals surface area contributed by atoms with Crippen molar-refractivity contribution in [1.82, 2.24) is 4.98 Å². The molecule has 0 unspecified atom stereocenters. The maximum absolute atomic E-state index is 12.4. The summed E-state index contributed by atoms with van der Waals surface area (Å²) in [6.07, 6.45) is 1.09. The summed E-state index contributed by atoms with van der Waals surface area (Å²) in [6, 6.07) is 6.10. The maximum Gasteiger partial charge on any atom is 0.416 e. The van der Waals surface area contributed by atoms with Gasteiger partial charge < -0.3 is 4.74 Å². The number of carbonyl (C=O) groups is 1. The van der Waals surface area contributed by atoms with Crippen LogP contribution in [0.15, 0.2) is 42.3 Å². The van der Waals surface area contributed by atoms with Gasteiger partial charge in [-0.3, -0.25) is 10.1 Å². The van der Waals surface area contributed by atoms with E-state index in [4.69, 9.17) is 4.74 Å². The second kappa shape index (κ2) is 7.43. The second-order valence-electron chi connectivity index (χ2n) is 6.20. The summed E-state index contributed by atoms with van der Waals surface area (Å²) in [5, 5.41) is 13.0. The number of carbonyl (C=O) groups excluding carboxylic acids is 1. The predicted molar refractivity (Wildman–Crippen MR) is 98.0 cm³/mol. The van der Waals surface area contributed by atoms with Crippen LogP contribution in [-0.2, 0) is 4.74 Å². The van der Waals surface area contributed by atoms with E-state index in [0.29, 0.717) is 10.8 Å². The highest BCUT2D eigenvalue weighted by molar-refractivity contribution is 7.14. The SMILES string of the molecule is C=CCN(C(=O)OC(C)(C)C)c1nc(-c2ccc([N+](=O)[O-])cc2)cs1. The standard InChI is InChI=1S/C17H19N3O4S/c1-5-10-19(16(21)24-17(2,3)4)15-18-14(11-25-15)12-6-8-13(9-7-12)20(22)23/h5-9,11H,1,10H2,2-4H3. The molecule has 0 aliphatic rings. The van der Waals surface area contributed by atoms with E-state index < -0.39 is 16.6 Å². The minimum absolute atomic E-state index is 0.0150. The highest BCUT2D eigenvalue weighted by Crippen LogP contribution is 2.29. The van der Waals surface area contributed by atoms with Crippen molar-refractivity contribution >= 4 is 28.2 Å². The molecular formula is C17H19N3O4S. The monoisotopic (exact) mass is 361 g/mol. The molecule has 8 heteroatoms. The number of ether oxygens (including phenoxy) is 1. The summed E-state index contributed by atoms with van der Waals surface area (Å²) in [5.41, 5.74) is 0.763. The zero-order valence-electron chi connectivity index (χ0n) is 14.3. The molecule has 0 bridgehead atoms. The molecule has 0 spiro atoms. The zero-order chi connectivity index (χ0) is 18.6. The van der Waals surface area contributed by atoms with Crippen LogP contribution in [0.2, 0.25) is 0 Å². The molecule has 1 amide bonds. The molecule has 0 N–H and O–H groups in total. The highest BCUT2D eigenvalue weighted by Gasteiger charge is 2.24. The van der Waals surface area contributed by atoms with Crippen LogP contribution < -0.4 is 4.90 Å². The molecular weight excluding hydrogens is 342 g/mol. The Morgan fingerprint density at radius 1 is 1.40 bits per heavy atom. The topological polar surface area (TPSA) is 85.6 Å². The van der Waals surface area contributed by atoms with Crippen molar-refractivity contribution in [3.8, 4) is 11.3 Å². The molecule has 0 radical (unpaired) electrons. The third-order valence-corrected chi connectivity index (χ3v) is 3.89. The smallest absolute Gasteiger partial charge is 0.416 e. The highest BCUT2D eigenvalue weighted by atomic mass is 32.1. The normalized spacial score (nSPS) is 11.0. The van der Waals surface area contributed by atoms with Gasteiger partial charge in [-0.15, -0.1) is 17.9 Å². The van der Waals surface area contributed by atoms with Gasteiger partial charge in [-0.2, -0.15) is 0 Å². The molecule has 0 aliphatic carbocycles. The fourth-order valence-corrected chi connectivity index (χ4v) is 2.78. The van der Waals surface area contributed by atoms with E-state index >= 15 is 0 Å². The number of aromatic nitrogens is 1. The van der Waals surface area contributed by atoms with Crippen LogP contribution >= 0.6 is 11.3 Å². The lowest BCUT2D eigenvalue weighted by Gasteiger charge is -2.25. The summed E-state index contributed by atoms with van der Waals surface area (Å²) in [4.78, 5) is 28.5. The van der Waals surface area contributed by atoms with E-state index in [9.17, 15) is 14.9 Å². The van der Waals surface area contributed by atoms with E-state index in [1.807, 2.05) is 0 Å². The molecule has 1 heterocycles. The first-order valence-corrected chi connectivity index (χ1v) is 8.41. The van der Waals surface area contributed by atoms with Crippen molar-refractivity contribution in [3.05, 3.63) is 52.4 Å². The average molecular weight is 361 g/mol. The maximum atomic E-state index is 12.4. The molecule has 0 fully saturated rings. The second-order valence-corrected chi connectivity index (χ2v) is 7.04. The number of non-ortho nitro benzene ring substituents is 1. The lowest BCUT2D eigenvalue weighted by Crippen LogP contribution is -2.37. The predicted octanol–water partition coefficient (Wildman–Crippen LogP) is 4.65. The molecule has 0 saturated heterocycles. The van der Waals surface area contributed by atoms with Gasteiger partial charge in [0.05, 0.1) is 10.6 Å². The van der Waals surface area contributed by atoms with Crippen molar-refractivity contribution in [3.63, 3.8) is 0 Å². The van der Waals surface area contributed by atoms with E-state index in [2.05, 4.69) is 11.6 Å². The van der Waals surface area contributed by atoms with Gasteiger partial charge in [0.15, 0.2) is 5.13 Å². The number of anilines is 1. The first-order chi connectivity index (χ1) is 11.7. The van der Waals surface area contributed by atoms with Crippen LogP contribution in [0.5, 0.6) is 0 Å². The first-order valence-electron chi connectivity index (χ1n) is 7.53. The molecule has 132 valence electrons. The number of hydrogen-bond acceptors (Lipinski definition) is 6. The van der Waals surface area contributed by atoms with E-state index in [1.165, 1.54) is 28.4 Å². The molecule has 1 aromatic heterocycles. The molecule has 2 aromatic rings. The molecule has 0 aliphatic heterocycles. The minimum atomic E-state index is -0.616. The number of thiazole rings is 1. The summed E-state index contributed by atoms with van der Waals surface area (Å²) < 4.78 is 5.39. The number of amides is 1. The first kappa shape index (κ1) is 18.6. The lowest BCUT2D eigenvalue weighted by molar-refractivity contribution is -0.384. The van der Waals surface area contributed by atoms with Crippen LogP contribution in [-0.4, -0.2) is 28.1 Å². The van der Waals surface area contributed by atoms with Gasteiger partial charge in [0.1, 0.15) is 5.60 Å². The molecule has 1 aromatic carbocycles. The number of nitro benzene ring substituents is 1. The Kier molecular flexibility index (Phi) is 5.53. The summed E-state index contributed by atoms with van der Waals surface area (Å²) in [5.74, 6) is 0. The van der Waals surface area contributed by atoms with Crippen molar-refractivity contribution < 1.29 is 14.5 Å². The third kappa shape index (κ3) is 4.87. The third-order valence-electron chi connectivity index (χ3n) is 3.02. The number of hydrogen-bond donors (Lipinski definition) is 0. The Labute approximate surface area is 149 Å². The van der Waals surface area contributed by atoms with Crippen molar-refractivity contribution in [2.24, 2.45) is 0 Å². The Morgan fingerprint density at radius 2 is 2.04 bits per heavy atom. The van der Waals surface area contributed by atoms with Gasteiger partial charge in [0, 0.05) is 29.6 Å². The van der Waals surface area contributed by atoms with E-state index in [-0.39, 0.29) is 12.2 Å². The Morgan fingerprint density at radius 3 is 2.56 bits per heavy atom. The number of benzene rings is 1. The number of nitrogens with zero attached hydrogens (tertiary/aromatic N) is 3. The number of rotatable bonds is 5. The van der Waals surface area contributed by atoms with Crippen LogP contribution in [0.25, 0.3) is 11.3 Å². The largest absolute Gasteiger partial charge is 0.443 e. The zero-order valence-corrected chi connectivity index (χ0v) is 15.1. The van der Waals surface area contributed by atoms with Gasteiger partial charge in [-0.25, -0.2) is 14.7 Å². The van der Waals surface area contributed by atoms with Crippen LogP contribution in [0, 0.1) is 10.1 Å². The Bertz CT molecular complexity index is 778. The Balaban J connectivity index is 2.25. The van der Waals surface area contributed by atoms with Gasteiger partial charge in [-0.1, -0.05) is 6.08 Å². The molecule has 25 heavy (non-hydrogen) atoms. The average Bonchev–Trinajstić information content (AvgIpc) is 3.00. The van der Waals surface area contributed by atoms with Crippen molar-refractivity contribution in [1.29, 1.82) is 0 Å². The fourth-order valence-electron chi connectivity index (χ4n) is 1.95.